The molecule has 0 aliphatic heterocycles. The van der Waals surface area contributed by atoms with Crippen LogP contribution in [0.25, 0.3) is 0 Å². The van der Waals surface area contributed by atoms with Gasteiger partial charge in [0.2, 0.25) is 0 Å². The molecule has 0 aliphatic rings. The number of aldehydes is 1. The average Bonchev–Trinajstić information content (AvgIpc) is 2.20. The molecule has 1 aromatic heterocycles. The molecular formula is C9H6Cl3N3O. The molecule has 1 rings (SSSR count). The first-order valence-corrected chi connectivity index (χ1v) is 5.15. The molecule has 0 bridgehead atoms. The molecule has 0 aromatic carbocycles. The van der Waals surface area contributed by atoms with Crippen molar-refractivity contribution in [2.24, 2.45) is 0 Å². The lowest BCUT2D eigenvalue weighted by Gasteiger charge is -2.06. The van der Waals surface area contributed by atoms with Crippen molar-refractivity contribution >= 4 is 52.1 Å². The number of anilines is 1. The van der Waals surface area contributed by atoms with E-state index in [0.29, 0.717) is 11.3 Å². The maximum Gasteiger partial charge on any atom is 0.166 e. The summed E-state index contributed by atoms with van der Waals surface area (Å²) in [6.45, 7) is 0. The van der Waals surface area contributed by atoms with Crippen molar-refractivity contribution in [2.45, 2.75) is 0 Å². The van der Waals surface area contributed by atoms with Gasteiger partial charge in [-0.1, -0.05) is 34.8 Å². The molecule has 1 aromatic rings. The molecular weight excluding hydrogens is 272 g/mol. The van der Waals surface area contributed by atoms with Gasteiger partial charge in [0.15, 0.2) is 6.29 Å². The van der Waals surface area contributed by atoms with Crippen LogP contribution in [-0.2, 0) is 4.79 Å². The van der Waals surface area contributed by atoms with Crippen LogP contribution in [0, 0.1) is 5.41 Å². The maximum atomic E-state index is 10.6. The van der Waals surface area contributed by atoms with E-state index in [2.05, 4.69) is 10.3 Å². The minimum absolute atomic E-state index is 0.0803. The molecule has 0 radical (unpaired) electrons. The van der Waals surface area contributed by atoms with Crippen molar-refractivity contribution < 1.29 is 4.79 Å². The van der Waals surface area contributed by atoms with Gasteiger partial charge in [0, 0.05) is 12.3 Å². The van der Waals surface area contributed by atoms with E-state index in [-0.39, 0.29) is 21.7 Å². The number of halogens is 3. The fourth-order valence-electron chi connectivity index (χ4n) is 0.879. The van der Waals surface area contributed by atoms with Gasteiger partial charge in [0.05, 0.1) is 15.7 Å². The van der Waals surface area contributed by atoms with Crippen LogP contribution < -0.4 is 5.32 Å². The van der Waals surface area contributed by atoms with E-state index in [0.717, 1.165) is 6.08 Å². The summed E-state index contributed by atoms with van der Waals surface area (Å²) in [6.07, 6.45) is 3.02. The average molecular weight is 279 g/mol. The largest absolute Gasteiger partial charge is 0.336 e. The summed E-state index contributed by atoms with van der Waals surface area (Å²) in [5, 5.41) is 9.99. The van der Waals surface area contributed by atoms with Crippen LogP contribution in [0.1, 0.15) is 0 Å². The Morgan fingerprint density at radius 1 is 1.50 bits per heavy atom. The Hall–Kier alpha value is -1.10. The van der Waals surface area contributed by atoms with Gasteiger partial charge in [-0.05, 0) is 6.07 Å². The third-order valence-electron chi connectivity index (χ3n) is 1.48. The summed E-state index contributed by atoms with van der Waals surface area (Å²) in [5.41, 5.74) is 0.0803. The normalized spacial score (nSPS) is 11.1. The van der Waals surface area contributed by atoms with Crippen molar-refractivity contribution in [2.75, 3.05) is 5.32 Å². The summed E-state index contributed by atoms with van der Waals surface area (Å²) in [4.78, 5) is 14.5. The molecule has 0 fully saturated rings. The Labute approximate surface area is 107 Å². The van der Waals surface area contributed by atoms with Gasteiger partial charge in [0.25, 0.3) is 0 Å². The lowest BCUT2D eigenvalue weighted by atomic mass is 10.4. The maximum absolute atomic E-state index is 10.6. The zero-order valence-electron chi connectivity index (χ0n) is 7.80. The second-order valence-corrected chi connectivity index (χ2v) is 3.93. The van der Waals surface area contributed by atoms with E-state index in [9.17, 15) is 4.79 Å². The molecule has 4 nitrogen and oxygen atoms in total. The van der Waals surface area contributed by atoms with E-state index in [1.807, 2.05) is 0 Å². The molecule has 7 heteroatoms. The highest BCUT2D eigenvalue weighted by atomic mass is 35.5. The Morgan fingerprint density at radius 3 is 2.69 bits per heavy atom. The van der Waals surface area contributed by atoms with E-state index in [1.165, 1.54) is 12.3 Å². The third kappa shape index (κ3) is 3.81. The fraction of sp³-hybridized carbons (Fsp3) is 0. The summed E-state index contributed by atoms with van der Waals surface area (Å²) in [7, 11) is 0. The molecule has 0 aliphatic carbocycles. The summed E-state index contributed by atoms with van der Waals surface area (Å²) in [5.74, 6) is 0.266. The van der Waals surface area contributed by atoms with Gasteiger partial charge in [-0.25, -0.2) is 4.98 Å². The van der Waals surface area contributed by atoms with Gasteiger partial charge in [-0.15, -0.1) is 0 Å². The second-order valence-electron chi connectivity index (χ2n) is 2.67. The van der Waals surface area contributed by atoms with Crippen molar-refractivity contribution in [1.82, 2.24) is 4.98 Å². The molecule has 16 heavy (non-hydrogen) atoms. The number of carbonyl (C=O) groups excluding carboxylic acids is 1. The predicted octanol–water partition coefficient (Wildman–Crippen LogP) is 3.10. The molecule has 2 N–H and O–H groups in total. The Bertz CT molecular complexity index is 459. The van der Waals surface area contributed by atoms with E-state index < -0.39 is 0 Å². The monoisotopic (exact) mass is 277 g/mol. The minimum atomic E-state index is -0.278. The highest BCUT2D eigenvalue weighted by Crippen LogP contribution is 2.23. The Balaban J connectivity index is 2.95. The smallest absolute Gasteiger partial charge is 0.166 e. The van der Waals surface area contributed by atoms with Crippen LogP contribution in [0.4, 0.5) is 5.82 Å². The standard InChI is InChI=1S/C9H6Cl3N3O/c10-5-1-7(11)9(14-3-5)15-6(4-16)2-8(12)13/h1-4,13H,(H,14,15)/b6-2-,13-8?. The summed E-state index contributed by atoms with van der Waals surface area (Å²) >= 11 is 16.8. The molecule has 1 heterocycles. The Morgan fingerprint density at radius 2 is 2.19 bits per heavy atom. The number of rotatable bonds is 4. The van der Waals surface area contributed by atoms with E-state index in [4.69, 9.17) is 40.2 Å². The highest BCUT2D eigenvalue weighted by Gasteiger charge is 2.05. The van der Waals surface area contributed by atoms with Crippen LogP contribution >= 0.6 is 34.8 Å². The Kier molecular flexibility index (Phi) is 4.73. The van der Waals surface area contributed by atoms with Gasteiger partial charge in [-0.3, -0.25) is 10.2 Å². The highest BCUT2D eigenvalue weighted by molar-refractivity contribution is 6.67. The van der Waals surface area contributed by atoms with E-state index in [1.54, 1.807) is 0 Å². The third-order valence-corrected chi connectivity index (χ3v) is 2.08. The number of hydrogen-bond acceptors (Lipinski definition) is 4. The first-order chi connectivity index (χ1) is 7.52. The number of hydrogen-bond donors (Lipinski definition) is 2. The van der Waals surface area contributed by atoms with E-state index >= 15 is 0 Å². The summed E-state index contributed by atoms with van der Waals surface area (Å²) in [6, 6.07) is 1.48. The van der Waals surface area contributed by atoms with Crippen LogP contribution in [0.2, 0.25) is 10.0 Å². The number of aromatic nitrogens is 1. The molecule has 0 unspecified atom stereocenters. The van der Waals surface area contributed by atoms with Gasteiger partial charge in [0.1, 0.15) is 11.0 Å². The fourth-order valence-corrected chi connectivity index (χ4v) is 1.42. The number of pyridine rings is 1. The topological polar surface area (TPSA) is 65.8 Å². The number of nitrogens with one attached hydrogen (secondary N) is 2. The van der Waals surface area contributed by atoms with Crippen molar-refractivity contribution in [3.8, 4) is 0 Å². The van der Waals surface area contributed by atoms with Gasteiger partial charge >= 0.3 is 0 Å². The first kappa shape index (κ1) is 13.0. The molecule has 0 spiro atoms. The van der Waals surface area contributed by atoms with Crippen LogP contribution in [0.3, 0.4) is 0 Å². The van der Waals surface area contributed by atoms with Crippen molar-refractivity contribution in [1.29, 1.82) is 5.41 Å². The number of carbonyl (C=O) groups is 1. The van der Waals surface area contributed by atoms with Crippen LogP contribution in [0.15, 0.2) is 24.0 Å². The first-order valence-electron chi connectivity index (χ1n) is 4.02. The molecule has 84 valence electrons. The SMILES string of the molecule is N=C(Cl)/C=C(/C=O)Nc1ncc(Cl)cc1Cl. The van der Waals surface area contributed by atoms with Crippen molar-refractivity contribution in [3.63, 3.8) is 0 Å². The zero-order valence-corrected chi connectivity index (χ0v) is 10.1. The summed E-state index contributed by atoms with van der Waals surface area (Å²) < 4.78 is 0. The lowest BCUT2D eigenvalue weighted by Crippen LogP contribution is -2.04. The minimum Gasteiger partial charge on any atom is -0.336 e. The molecule has 0 amide bonds. The number of nitrogens with zero attached hydrogens (tertiary/aromatic N) is 1. The van der Waals surface area contributed by atoms with Crippen molar-refractivity contribution in [3.05, 3.63) is 34.1 Å². The van der Waals surface area contributed by atoms with Crippen LogP contribution in [-0.4, -0.2) is 16.4 Å². The molecule has 0 saturated heterocycles. The second kappa shape index (κ2) is 5.84. The molecule has 0 atom stereocenters. The van der Waals surface area contributed by atoms with Gasteiger partial charge < -0.3 is 5.32 Å². The van der Waals surface area contributed by atoms with Gasteiger partial charge in [-0.2, -0.15) is 0 Å². The predicted molar refractivity (Wildman–Crippen MR) is 65.6 cm³/mol. The van der Waals surface area contributed by atoms with Crippen LogP contribution in [0.5, 0.6) is 0 Å². The lowest BCUT2D eigenvalue weighted by molar-refractivity contribution is -0.104. The number of allylic oxidation sites excluding steroid dienone is 2. The quantitative estimate of drug-likeness (QED) is 0.505. The zero-order chi connectivity index (χ0) is 12.1. The molecule has 0 saturated carbocycles.